The number of aromatic amines is 1. The van der Waals surface area contributed by atoms with Crippen LogP contribution in [0.25, 0.3) is 0 Å². The van der Waals surface area contributed by atoms with Crippen LogP contribution in [0.3, 0.4) is 0 Å². The van der Waals surface area contributed by atoms with Gasteiger partial charge in [0.2, 0.25) is 5.75 Å². The first-order chi connectivity index (χ1) is 16.3. The quantitative estimate of drug-likeness (QED) is 0.432. The molecule has 1 unspecified atom stereocenters. The molecule has 0 radical (unpaired) electrons. The van der Waals surface area contributed by atoms with Gasteiger partial charge in [0.1, 0.15) is 11.6 Å². The number of carbonyl (C=O) groups excluding carboxylic acids is 2. The summed E-state index contributed by atoms with van der Waals surface area (Å²) < 4.78 is 13.6. The van der Waals surface area contributed by atoms with Gasteiger partial charge in [-0.1, -0.05) is 12.1 Å². The number of likely N-dealkylation sites (tertiary alicyclic amines) is 1. The lowest BCUT2D eigenvalue weighted by Gasteiger charge is -2.24. The van der Waals surface area contributed by atoms with E-state index in [9.17, 15) is 29.1 Å². The van der Waals surface area contributed by atoms with Gasteiger partial charge in [0.05, 0.1) is 6.04 Å². The van der Waals surface area contributed by atoms with E-state index >= 15 is 0 Å². The molecule has 2 amide bonds. The molecule has 1 aliphatic rings. The van der Waals surface area contributed by atoms with Crippen molar-refractivity contribution in [2.45, 2.75) is 25.4 Å². The second kappa shape index (κ2) is 9.30. The van der Waals surface area contributed by atoms with Gasteiger partial charge in [-0.15, -0.1) is 0 Å². The molecule has 2 aromatic heterocycles. The molecule has 176 valence electrons. The third kappa shape index (κ3) is 4.45. The van der Waals surface area contributed by atoms with Gasteiger partial charge in [0, 0.05) is 32.3 Å². The van der Waals surface area contributed by atoms with E-state index in [-0.39, 0.29) is 18.1 Å². The number of halogens is 1. The Morgan fingerprint density at radius 1 is 1.29 bits per heavy atom. The molecular weight excluding hydrogens is 445 g/mol. The first-order valence-corrected chi connectivity index (χ1v) is 10.6. The Morgan fingerprint density at radius 3 is 2.74 bits per heavy atom. The maximum absolute atomic E-state index is 13.1. The molecule has 1 fully saturated rings. The zero-order valence-corrected chi connectivity index (χ0v) is 18.3. The van der Waals surface area contributed by atoms with E-state index in [0.717, 1.165) is 0 Å². The molecule has 11 heteroatoms. The van der Waals surface area contributed by atoms with Crippen molar-refractivity contribution in [3.63, 3.8) is 0 Å². The summed E-state index contributed by atoms with van der Waals surface area (Å²) in [6.45, 7) is 0.421. The fourth-order valence-electron chi connectivity index (χ4n) is 3.94. The largest absolute Gasteiger partial charge is 0.618 e. The minimum Gasteiger partial charge on any atom is -0.618 e. The molecule has 1 saturated heterocycles. The van der Waals surface area contributed by atoms with Crippen LogP contribution in [0.5, 0.6) is 5.75 Å². The standard InChI is InChI=1S/C23H22FN5O5/c1-27(13-14-7-9-15(24)10-8-14)23(33)18-19(30)21(31)26-20(25-18)16-6-4-11-28(16)22(32)17-5-2-3-12-29(17)34/h2-3,5,7-10,12,16,30H,4,6,11,13H2,1H3,(H,25,26,31). The van der Waals surface area contributed by atoms with Gasteiger partial charge in [0.15, 0.2) is 11.9 Å². The maximum Gasteiger partial charge on any atom is 0.320 e. The molecule has 1 aliphatic heterocycles. The average molecular weight is 467 g/mol. The van der Waals surface area contributed by atoms with Gasteiger partial charge in [0.25, 0.3) is 17.2 Å². The van der Waals surface area contributed by atoms with Crippen LogP contribution in [0.15, 0.2) is 53.5 Å². The number of nitrogens with zero attached hydrogens (tertiary/aromatic N) is 4. The second-order valence-corrected chi connectivity index (χ2v) is 8.00. The number of benzene rings is 1. The number of H-pyrrole nitrogens is 1. The summed E-state index contributed by atoms with van der Waals surface area (Å²) in [4.78, 5) is 47.7. The number of aromatic hydroxyl groups is 1. The van der Waals surface area contributed by atoms with Crippen LogP contribution >= 0.6 is 0 Å². The number of hydrogen-bond donors (Lipinski definition) is 2. The predicted molar refractivity (Wildman–Crippen MR) is 117 cm³/mol. The topological polar surface area (TPSA) is 134 Å². The fraction of sp³-hybridized carbons (Fsp3) is 0.261. The highest BCUT2D eigenvalue weighted by Gasteiger charge is 2.36. The zero-order chi connectivity index (χ0) is 24.4. The Hall–Kier alpha value is -4.28. The molecule has 0 bridgehead atoms. The zero-order valence-electron chi connectivity index (χ0n) is 18.3. The van der Waals surface area contributed by atoms with Crippen LogP contribution in [0.1, 0.15) is 51.2 Å². The van der Waals surface area contributed by atoms with Crippen LogP contribution in [0, 0.1) is 11.0 Å². The predicted octanol–water partition coefficient (Wildman–Crippen LogP) is 1.50. The van der Waals surface area contributed by atoms with Crippen LogP contribution < -0.4 is 10.3 Å². The molecule has 3 heterocycles. The number of carbonyl (C=O) groups is 2. The molecule has 0 spiro atoms. The van der Waals surface area contributed by atoms with Crippen LogP contribution in [-0.2, 0) is 6.54 Å². The van der Waals surface area contributed by atoms with Crippen molar-refractivity contribution < 1.29 is 23.8 Å². The third-order valence-electron chi connectivity index (χ3n) is 5.67. The molecule has 4 rings (SSSR count). The summed E-state index contributed by atoms with van der Waals surface area (Å²) in [6.07, 6.45) is 2.26. The molecule has 2 N–H and O–H groups in total. The minimum absolute atomic E-state index is 0.0422. The fourth-order valence-corrected chi connectivity index (χ4v) is 3.94. The molecule has 34 heavy (non-hydrogen) atoms. The molecule has 10 nitrogen and oxygen atoms in total. The summed E-state index contributed by atoms with van der Waals surface area (Å²) in [5.74, 6) is -2.46. The van der Waals surface area contributed by atoms with Crippen molar-refractivity contribution >= 4 is 11.8 Å². The average Bonchev–Trinajstić information content (AvgIpc) is 3.31. The SMILES string of the molecule is CN(Cc1ccc(F)cc1)C(=O)c1nc(C2CCCN2C(=O)c2cccc[n+]2[O-])[nH]c(=O)c1O. The van der Waals surface area contributed by atoms with E-state index in [0.29, 0.717) is 29.7 Å². The van der Waals surface area contributed by atoms with Gasteiger partial charge in [-0.2, -0.15) is 4.73 Å². The lowest BCUT2D eigenvalue weighted by molar-refractivity contribution is -0.608. The number of hydrogen-bond acceptors (Lipinski definition) is 6. The highest BCUT2D eigenvalue weighted by molar-refractivity contribution is 5.94. The van der Waals surface area contributed by atoms with Crippen LogP contribution in [0.4, 0.5) is 4.39 Å². The van der Waals surface area contributed by atoms with E-state index in [2.05, 4.69) is 9.97 Å². The normalized spacial score (nSPS) is 15.4. The Kier molecular flexibility index (Phi) is 6.26. The highest BCUT2D eigenvalue weighted by atomic mass is 19.1. The molecule has 3 aromatic rings. The van der Waals surface area contributed by atoms with E-state index in [1.807, 2.05) is 0 Å². The second-order valence-electron chi connectivity index (χ2n) is 8.00. The maximum atomic E-state index is 13.1. The Labute approximate surface area is 193 Å². The lowest BCUT2D eigenvalue weighted by atomic mass is 10.1. The smallest absolute Gasteiger partial charge is 0.320 e. The van der Waals surface area contributed by atoms with E-state index in [4.69, 9.17) is 0 Å². The summed E-state index contributed by atoms with van der Waals surface area (Å²) >= 11 is 0. The van der Waals surface area contributed by atoms with Gasteiger partial charge < -0.3 is 25.1 Å². The Morgan fingerprint density at radius 2 is 2.03 bits per heavy atom. The van der Waals surface area contributed by atoms with Crippen molar-refractivity contribution in [1.29, 1.82) is 0 Å². The molecule has 0 aliphatic carbocycles. The van der Waals surface area contributed by atoms with Crippen LogP contribution in [0.2, 0.25) is 0 Å². The first-order valence-electron chi connectivity index (χ1n) is 10.6. The van der Waals surface area contributed by atoms with E-state index < -0.39 is 40.7 Å². The van der Waals surface area contributed by atoms with Gasteiger partial charge in [-0.25, -0.2) is 9.37 Å². The van der Waals surface area contributed by atoms with Gasteiger partial charge >= 0.3 is 5.91 Å². The summed E-state index contributed by atoms with van der Waals surface area (Å²) in [5, 5.41) is 22.3. The molecular formula is C23H22FN5O5. The monoisotopic (exact) mass is 467 g/mol. The Balaban J connectivity index is 1.62. The number of nitrogens with one attached hydrogen (secondary N) is 1. The van der Waals surface area contributed by atoms with Crippen LogP contribution in [-0.4, -0.2) is 50.3 Å². The lowest BCUT2D eigenvalue weighted by Crippen LogP contribution is -2.41. The van der Waals surface area contributed by atoms with E-state index in [1.54, 1.807) is 6.07 Å². The molecule has 1 aromatic carbocycles. The minimum atomic E-state index is -0.915. The van der Waals surface area contributed by atoms with Crippen molar-refractivity contribution in [3.05, 3.63) is 92.8 Å². The number of aromatic nitrogens is 3. The Bertz CT molecular complexity index is 1290. The first kappa shape index (κ1) is 22.9. The number of pyridine rings is 1. The summed E-state index contributed by atoms with van der Waals surface area (Å²) in [6, 6.07) is 9.35. The number of amides is 2. The molecule has 0 saturated carbocycles. The van der Waals surface area contributed by atoms with Crippen molar-refractivity contribution in [3.8, 4) is 5.75 Å². The van der Waals surface area contributed by atoms with Gasteiger partial charge in [-0.05, 0) is 36.6 Å². The highest BCUT2D eigenvalue weighted by Crippen LogP contribution is 2.31. The van der Waals surface area contributed by atoms with Gasteiger partial charge in [-0.3, -0.25) is 14.4 Å². The van der Waals surface area contributed by atoms with E-state index in [1.165, 1.54) is 59.4 Å². The molecule has 1 atom stereocenters. The van der Waals surface area contributed by atoms with Crippen molar-refractivity contribution in [2.75, 3.05) is 13.6 Å². The van der Waals surface area contributed by atoms with Crippen molar-refractivity contribution in [1.82, 2.24) is 19.8 Å². The third-order valence-corrected chi connectivity index (χ3v) is 5.67. The number of rotatable bonds is 5. The summed E-state index contributed by atoms with van der Waals surface area (Å²) in [5.41, 5.74) is -0.809. The summed E-state index contributed by atoms with van der Waals surface area (Å²) in [7, 11) is 1.46. The van der Waals surface area contributed by atoms with Crippen molar-refractivity contribution in [2.24, 2.45) is 0 Å².